The van der Waals surface area contributed by atoms with Gasteiger partial charge < -0.3 is 10.2 Å². The molecular weight excluding hydrogens is 330 g/mol. The van der Waals surface area contributed by atoms with E-state index in [0.717, 1.165) is 38.3 Å². The number of aliphatic hydroxyl groups is 2. The Hall–Kier alpha value is -1.70. The summed E-state index contributed by atoms with van der Waals surface area (Å²) in [7, 11) is 0. The third-order valence-corrected chi connectivity index (χ3v) is 5.79. The van der Waals surface area contributed by atoms with Gasteiger partial charge in [-0.05, 0) is 25.3 Å². The number of nitrogens with one attached hydrogen (secondary N) is 1. The van der Waals surface area contributed by atoms with Gasteiger partial charge in [0, 0.05) is 43.4 Å². The van der Waals surface area contributed by atoms with Gasteiger partial charge in [-0.25, -0.2) is 0 Å². The number of nitrogens with zero attached hydrogens (tertiary/aromatic N) is 4. The molecule has 0 bridgehead atoms. The molecule has 0 aromatic carbocycles. The van der Waals surface area contributed by atoms with Crippen LogP contribution in [-0.4, -0.2) is 48.2 Å². The molecule has 7 nitrogen and oxygen atoms in total. The van der Waals surface area contributed by atoms with E-state index in [-0.39, 0.29) is 6.61 Å². The van der Waals surface area contributed by atoms with Crippen molar-refractivity contribution < 1.29 is 10.2 Å². The number of fused-ring (bicyclic) bond motifs is 1. The standard InChI is InChI=1S/C19H29N5O2/c25-13-18(26)17-9-16-12-23(7-4-8-24(16)22-17)11-15-10-20-21-19(15)14-5-2-1-3-6-14/h9-10,14,18,25-26H,1-8,11-13H2,(H,20,21). The zero-order valence-electron chi connectivity index (χ0n) is 15.3. The molecule has 7 heteroatoms. The highest BCUT2D eigenvalue weighted by Gasteiger charge is 2.23. The molecule has 0 amide bonds. The van der Waals surface area contributed by atoms with Crippen LogP contribution < -0.4 is 0 Å². The minimum absolute atomic E-state index is 0.292. The number of aromatic nitrogens is 4. The summed E-state index contributed by atoms with van der Waals surface area (Å²) in [6.07, 6.45) is 8.67. The number of H-pyrrole nitrogens is 1. The third-order valence-electron chi connectivity index (χ3n) is 5.79. The fourth-order valence-corrected chi connectivity index (χ4v) is 4.37. The van der Waals surface area contributed by atoms with Crippen LogP contribution in [0.25, 0.3) is 0 Å². The van der Waals surface area contributed by atoms with Crippen molar-refractivity contribution in [2.75, 3.05) is 13.2 Å². The molecule has 4 rings (SSSR count). The Kier molecular flexibility index (Phi) is 5.38. The molecule has 0 radical (unpaired) electrons. The van der Waals surface area contributed by atoms with Gasteiger partial charge in [0.1, 0.15) is 6.10 Å². The number of hydrogen-bond donors (Lipinski definition) is 3. The van der Waals surface area contributed by atoms with Crippen LogP contribution in [0.2, 0.25) is 0 Å². The fraction of sp³-hybridized carbons (Fsp3) is 0.684. The lowest BCUT2D eigenvalue weighted by molar-refractivity contribution is 0.0916. The zero-order chi connectivity index (χ0) is 17.9. The van der Waals surface area contributed by atoms with Crippen molar-refractivity contribution >= 4 is 0 Å². The van der Waals surface area contributed by atoms with E-state index in [1.807, 2.05) is 16.9 Å². The third kappa shape index (κ3) is 3.70. The van der Waals surface area contributed by atoms with E-state index in [4.69, 9.17) is 5.11 Å². The maximum absolute atomic E-state index is 9.85. The van der Waals surface area contributed by atoms with Crippen LogP contribution in [0.1, 0.15) is 73.2 Å². The highest BCUT2D eigenvalue weighted by Crippen LogP contribution is 2.33. The Morgan fingerprint density at radius 3 is 2.85 bits per heavy atom. The summed E-state index contributed by atoms with van der Waals surface area (Å²) < 4.78 is 1.98. The Labute approximate surface area is 154 Å². The van der Waals surface area contributed by atoms with Crippen molar-refractivity contribution in [3.63, 3.8) is 0 Å². The predicted octanol–water partition coefficient (Wildman–Crippen LogP) is 2.09. The number of aliphatic hydroxyl groups excluding tert-OH is 2. The molecule has 26 heavy (non-hydrogen) atoms. The van der Waals surface area contributed by atoms with Gasteiger partial charge in [-0.2, -0.15) is 10.2 Å². The van der Waals surface area contributed by atoms with Crippen LogP contribution in [-0.2, 0) is 19.6 Å². The number of aryl methyl sites for hydroxylation is 1. The van der Waals surface area contributed by atoms with Gasteiger partial charge in [-0.1, -0.05) is 19.3 Å². The van der Waals surface area contributed by atoms with Crippen molar-refractivity contribution in [2.24, 2.45) is 0 Å². The predicted molar refractivity (Wildman–Crippen MR) is 97.4 cm³/mol. The van der Waals surface area contributed by atoms with E-state index in [1.165, 1.54) is 43.4 Å². The minimum Gasteiger partial charge on any atom is -0.393 e. The molecule has 1 fully saturated rings. The van der Waals surface area contributed by atoms with Crippen molar-refractivity contribution in [2.45, 2.75) is 70.2 Å². The molecule has 1 saturated carbocycles. The first-order chi connectivity index (χ1) is 12.7. The Morgan fingerprint density at radius 2 is 2.04 bits per heavy atom. The summed E-state index contributed by atoms with van der Waals surface area (Å²) in [4.78, 5) is 2.44. The molecule has 142 valence electrons. The quantitative estimate of drug-likeness (QED) is 0.760. The highest BCUT2D eigenvalue weighted by atomic mass is 16.3. The Morgan fingerprint density at radius 1 is 1.19 bits per heavy atom. The Balaban J connectivity index is 1.47. The van der Waals surface area contributed by atoms with E-state index < -0.39 is 6.10 Å². The highest BCUT2D eigenvalue weighted by molar-refractivity contribution is 5.21. The average Bonchev–Trinajstić information content (AvgIpc) is 3.25. The lowest BCUT2D eigenvalue weighted by atomic mass is 9.85. The lowest BCUT2D eigenvalue weighted by Crippen LogP contribution is -2.23. The molecule has 2 aromatic heterocycles. The maximum atomic E-state index is 9.85. The first-order valence-corrected chi connectivity index (χ1v) is 9.84. The van der Waals surface area contributed by atoms with Crippen molar-refractivity contribution in [1.29, 1.82) is 0 Å². The summed E-state index contributed by atoms with van der Waals surface area (Å²) >= 11 is 0. The smallest absolute Gasteiger partial charge is 0.121 e. The lowest BCUT2D eigenvalue weighted by Gasteiger charge is -2.24. The number of rotatable bonds is 5. The van der Waals surface area contributed by atoms with Gasteiger partial charge in [-0.3, -0.25) is 14.7 Å². The molecule has 3 heterocycles. The van der Waals surface area contributed by atoms with Gasteiger partial charge in [0.2, 0.25) is 0 Å². The summed E-state index contributed by atoms with van der Waals surface area (Å²) in [5.74, 6) is 0.630. The van der Waals surface area contributed by atoms with E-state index in [1.54, 1.807) is 0 Å². The SMILES string of the molecule is OCC(O)c1cc2n(n1)CCCN(Cc1cn[nH]c1C1CCCCC1)C2. The van der Waals surface area contributed by atoms with Gasteiger partial charge in [-0.15, -0.1) is 0 Å². The minimum atomic E-state index is -0.894. The first-order valence-electron chi connectivity index (χ1n) is 9.84. The maximum Gasteiger partial charge on any atom is 0.121 e. The van der Waals surface area contributed by atoms with E-state index in [0.29, 0.717) is 11.6 Å². The molecule has 1 atom stereocenters. The van der Waals surface area contributed by atoms with Gasteiger partial charge in [0.05, 0.1) is 24.2 Å². The zero-order valence-corrected chi connectivity index (χ0v) is 15.3. The number of aromatic amines is 1. The van der Waals surface area contributed by atoms with Crippen LogP contribution >= 0.6 is 0 Å². The van der Waals surface area contributed by atoms with Gasteiger partial charge in [0.15, 0.2) is 0 Å². The van der Waals surface area contributed by atoms with E-state index >= 15 is 0 Å². The molecule has 1 unspecified atom stereocenters. The van der Waals surface area contributed by atoms with Gasteiger partial charge >= 0.3 is 0 Å². The van der Waals surface area contributed by atoms with E-state index in [9.17, 15) is 5.11 Å². The summed E-state index contributed by atoms with van der Waals surface area (Å²) in [5, 5.41) is 31.1. The van der Waals surface area contributed by atoms with Crippen LogP contribution in [0.4, 0.5) is 0 Å². The monoisotopic (exact) mass is 359 g/mol. The second kappa shape index (κ2) is 7.90. The fourth-order valence-electron chi connectivity index (χ4n) is 4.37. The molecule has 1 aliphatic heterocycles. The molecular formula is C19H29N5O2. The first kappa shape index (κ1) is 17.7. The largest absolute Gasteiger partial charge is 0.393 e. The summed E-state index contributed by atoms with van der Waals surface area (Å²) in [5.41, 5.74) is 4.32. The molecule has 2 aromatic rings. The van der Waals surface area contributed by atoms with Crippen molar-refractivity contribution in [3.05, 3.63) is 34.9 Å². The van der Waals surface area contributed by atoms with Crippen LogP contribution in [0.3, 0.4) is 0 Å². The molecule has 0 saturated heterocycles. The Bertz CT molecular complexity index is 719. The van der Waals surface area contributed by atoms with Crippen LogP contribution in [0.5, 0.6) is 0 Å². The average molecular weight is 359 g/mol. The van der Waals surface area contributed by atoms with Crippen LogP contribution in [0, 0.1) is 0 Å². The molecule has 2 aliphatic rings. The van der Waals surface area contributed by atoms with Crippen molar-refractivity contribution in [1.82, 2.24) is 24.9 Å². The topological polar surface area (TPSA) is 90.2 Å². The second-order valence-corrected chi connectivity index (χ2v) is 7.69. The molecule has 1 aliphatic carbocycles. The summed E-state index contributed by atoms with van der Waals surface area (Å²) in [6.45, 7) is 3.28. The molecule has 0 spiro atoms. The number of hydrogen-bond acceptors (Lipinski definition) is 5. The second-order valence-electron chi connectivity index (χ2n) is 7.69. The van der Waals surface area contributed by atoms with Gasteiger partial charge in [0.25, 0.3) is 0 Å². The molecule has 3 N–H and O–H groups in total. The van der Waals surface area contributed by atoms with Crippen molar-refractivity contribution in [3.8, 4) is 0 Å². The normalized spacial score (nSPS) is 20.7. The van der Waals surface area contributed by atoms with E-state index in [2.05, 4.69) is 20.2 Å². The summed E-state index contributed by atoms with van der Waals surface area (Å²) in [6, 6.07) is 1.93. The van der Waals surface area contributed by atoms with Crippen LogP contribution in [0.15, 0.2) is 12.3 Å².